The number of aromatic nitrogens is 1. The molecule has 2 heterocycles. The third-order valence-corrected chi connectivity index (χ3v) is 4.78. The van der Waals surface area contributed by atoms with Crippen LogP contribution in [0.25, 0.3) is 10.9 Å². The first-order chi connectivity index (χ1) is 12.1. The van der Waals surface area contributed by atoms with Crippen LogP contribution < -0.4 is 4.90 Å². The number of para-hydroxylation sites is 2. The van der Waals surface area contributed by atoms with E-state index in [-0.39, 0.29) is 5.91 Å². The average molecular weight is 332 g/mol. The van der Waals surface area contributed by atoms with Crippen molar-refractivity contribution >= 4 is 22.5 Å². The van der Waals surface area contributed by atoms with Crippen molar-refractivity contribution < 1.29 is 9.90 Å². The largest absolute Gasteiger partial charge is 0.388 e. The van der Waals surface area contributed by atoms with Crippen LogP contribution in [0, 0.1) is 6.92 Å². The highest BCUT2D eigenvalue weighted by molar-refractivity contribution is 6.13. The Morgan fingerprint density at radius 3 is 2.84 bits per heavy atom. The van der Waals surface area contributed by atoms with E-state index in [1.165, 1.54) is 0 Å². The number of aryl methyl sites for hydroxylation is 1. The monoisotopic (exact) mass is 332 g/mol. The van der Waals surface area contributed by atoms with Gasteiger partial charge in [-0.3, -0.25) is 9.78 Å². The summed E-state index contributed by atoms with van der Waals surface area (Å²) < 4.78 is 0. The summed E-state index contributed by atoms with van der Waals surface area (Å²) in [6, 6.07) is 17.3. The molecule has 0 saturated carbocycles. The van der Waals surface area contributed by atoms with Crippen LogP contribution >= 0.6 is 0 Å². The van der Waals surface area contributed by atoms with Crippen LogP contribution in [0.4, 0.5) is 5.69 Å². The van der Waals surface area contributed by atoms with E-state index in [1.54, 1.807) is 4.90 Å². The minimum atomic E-state index is -0.526. The first-order valence-electron chi connectivity index (χ1n) is 8.60. The number of carbonyl (C=O) groups excluding carboxylic acids is 1. The highest BCUT2D eigenvalue weighted by Gasteiger charge is 2.27. The van der Waals surface area contributed by atoms with Gasteiger partial charge in [0, 0.05) is 28.9 Å². The Morgan fingerprint density at radius 2 is 1.96 bits per heavy atom. The van der Waals surface area contributed by atoms with Gasteiger partial charge in [0.2, 0.25) is 0 Å². The summed E-state index contributed by atoms with van der Waals surface area (Å²) in [5, 5.41) is 11.3. The SMILES string of the molecule is Cc1ccc2cccc(C(=O)N3CCCC(O)c4ccccc43)c2n1. The molecule has 0 spiro atoms. The van der Waals surface area contributed by atoms with E-state index >= 15 is 0 Å². The molecule has 0 radical (unpaired) electrons. The first kappa shape index (κ1) is 15.8. The smallest absolute Gasteiger partial charge is 0.260 e. The lowest BCUT2D eigenvalue weighted by molar-refractivity contribution is 0.0988. The molecule has 0 aliphatic carbocycles. The minimum absolute atomic E-state index is 0.0646. The number of amides is 1. The van der Waals surface area contributed by atoms with Gasteiger partial charge in [0.05, 0.1) is 17.2 Å². The van der Waals surface area contributed by atoms with E-state index in [9.17, 15) is 9.90 Å². The van der Waals surface area contributed by atoms with Gasteiger partial charge in [-0.25, -0.2) is 0 Å². The Bertz CT molecular complexity index is 952. The number of nitrogens with zero attached hydrogens (tertiary/aromatic N) is 2. The van der Waals surface area contributed by atoms with Gasteiger partial charge in [-0.2, -0.15) is 0 Å². The quantitative estimate of drug-likeness (QED) is 0.732. The second-order valence-electron chi connectivity index (χ2n) is 6.50. The average Bonchev–Trinajstić information content (AvgIpc) is 2.80. The van der Waals surface area contributed by atoms with E-state index < -0.39 is 6.10 Å². The third-order valence-electron chi connectivity index (χ3n) is 4.78. The van der Waals surface area contributed by atoms with E-state index in [0.29, 0.717) is 18.5 Å². The lowest BCUT2D eigenvalue weighted by Gasteiger charge is -2.23. The van der Waals surface area contributed by atoms with Gasteiger partial charge in [0.25, 0.3) is 5.91 Å². The van der Waals surface area contributed by atoms with Crippen molar-refractivity contribution in [2.45, 2.75) is 25.9 Å². The molecule has 1 atom stereocenters. The number of aliphatic hydroxyl groups is 1. The molecule has 1 aliphatic rings. The van der Waals surface area contributed by atoms with Crippen LogP contribution in [-0.2, 0) is 0 Å². The highest BCUT2D eigenvalue weighted by atomic mass is 16.3. The van der Waals surface area contributed by atoms with Crippen molar-refractivity contribution in [3.05, 3.63) is 71.4 Å². The molecule has 1 N–H and O–H groups in total. The number of hydrogen-bond donors (Lipinski definition) is 1. The topological polar surface area (TPSA) is 53.4 Å². The molecule has 126 valence electrons. The normalized spacial score (nSPS) is 17.2. The Balaban J connectivity index is 1.84. The summed E-state index contributed by atoms with van der Waals surface area (Å²) in [6.45, 7) is 2.52. The molecule has 0 fully saturated rings. The number of carbonyl (C=O) groups is 1. The first-order valence-corrected chi connectivity index (χ1v) is 8.60. The van der Waals surface area contributed by atoms with Gasteiger partial charge in [-0.1, -0.05) is 36.4 Å². The number of fused-ring (bicyclic) bond motifs is 2. The van der Waals surface area contributed by atoms with E-state index in [1.807, 2.05) is 61.5 Å². The summed E-state index contributed by atoms with van der Waals surface area (Å²) in [6.07, 6.45) is 0.897. The van der Waals surface area contributed by atoms with Crippen LogP contribution in [0.15, 0.2) is 54.6 Å². The van der Waals surface area contributed by atoms with Crippen LogP contribution in [0.1, 0.15) is 40.6 Å². The third kappa shape index (κ3) is 2.79. The Kier molecular flexibility index (Phi) is 3.98. The van der Waals surface area contributed by atoms with Crippen molar-refractivity contribution in [1.29, 1.82) is 0 Å². The summed E-state index contributed by atoms with van der Waals surface area (Å²) in [7, 11) is 0. The van der Waals surface area contributed by atoms with Crippen LogP contribution in [0.5, 0.6) is 0 Å². The fourth-order valence-electron chi connectivity index (χ4n) is 3.51. The van der Waals surface area contributed by atoms with Crippen molar-refractivity contribution in [2.75, 3.05) is 11.4 Å². The lowest BCUT2D eigenvalue weighted by atomic mass is 10.0. The Labute approximate surface area is 146 Å². The fourth-order valence-corrected chi connectivity index (χ4v) is 3.51. The van der Waals surface area contributed by atoms with E-state index in [4.69, 9.17) is 0 Å². The predicted octanol–water partition coefficient (Wildman–Crippen LogP) is 4.02. The molecule has 4 nitrogen and oxygen atoms in total. The number of rotatable bonds is 1. The second kappa shape index (κ2) is 6.30. The maximum absolute atomic E-state index is 13.4. The molecule has 4 rings (SSSR count). The Hall–Kier alpha value is -2.72. The van der Waals surface area contributed by atoms with Crippen molar-refractivity contribution in [1.82, 2.24) is 4.98 Å². The molecule has 1 unspecified atom stereocenters. The molecule has 2 aromatic carbocycles. The number of benzene rings is 2. The van der Waals surface area contributed by atoms with Gasteiger partial charge in [-0.15, -0.1) is 0 Å². The lowest BCUT2D eigenvalue weighted by Crippen LogP contribution is -2.32. The molecular weight excluding hydrogens is 312 g/mol. The number of aliphatic hydroxyl groups excluding tert-OH is 1. The molecule has 0 saturated heterocycles. The van der Waals surface area contributed by atoms with Crippen LogP contribution in [0.3, 0.4) is 0 Å². The van der Waals surface area contributed by atoms with Crippen molar-refractivity contribution in [3.63, 3.8) is 0 Å². The van der Waals surface area contributed by atoms with Gasteiger partial charge in [0.1, 0.15) is 0 Å². The predicted molar refractivity (Wildman–Crippen MR) is 98.8 cm³/mol. The second-order valence-corrected chi connectivity index (χ2v) is 6.50. The highest BCUT2D eigenvalue weighted by Crippen LogP contribution is 2.34. The molecule has 0 bridgehead atoms. The Morgan fingerprint density at radius 1 is 1.12 bits per heavy atom. The summed E-state index contributed by atoms with van der Waals surface area (Å²) >= 11 is 0. The molecule has 4 heteroatoms. The maximum Gasteiger partial charge on any atom is 0.260 e. The summed E-state index contributed by atoms with van der Waals surface area (Å²) in [4.78, 5) is 19.7. The van der Waals surface area contributed by atoms with Gasteiger partial charge in [0.15, 0.2) is 0 Å². The molecule has 25 heavy (non-hydrogen) atoms. The molecule has 3 aromatic rings. The zero-order chi connectivity index (χ0) is 17.4. The maximum atomic E-state index is 13.4. The van der Waals surface area contributed by atoms with Crippen LogP contribution in [0.2, 0.25) is 0 Å². The number of pyridine rings is 1. The molecular formula is C21H20N2O2. The molecule has 1 aromatic heterocycles. The standard InChI is InChI=1S/C21H20N2O2/c1-14-11-12-15-6-4-8-17(20(15)22-14)21(25)23-13-5-10-19(24)16-7-2-3-9-18(16)23/h2-4,6-9,11-12,19,24H,5,10,13H2,1H3. The zero-order valence-electron chi connectivity index (χ0n) is 14.1. The summed E-state index contributed by atoms with van der Waals surface area (Å²) in [5.74, 6) is -0.0646. The van der Waals surface area contributed by atoms with E-state index in [2.05, 4.69) is 4.98 Å². The summed E-state index contributed by atoms with van der Waals surface area (Å²) in [5.41, 5.74) is 3.83. The number of hydrogen-bond acceptors (Lipinski definition) is 3. The van der Waals surface area contributed by atoms with Gasteiger partial charge >= 0.3 is 0 Å². The minimum Gasteiger partial charge on any atom is -0.388 e. The number of anilines is 1. The zero-order valence-corrected chi connectivity index (χ0v) is 14.1. The van der Waals surface area contributed by atoms with Crippen LogP contribution in [-0.4, -0.2) is 22.5 Å². The fraction of sp³-hybridized carbons (Fsp3) is 0.238. The van der Waals surface area contributed by atoms with Crippen molar-refractivity contribution in [2.24, 2.45) is 0 Å². The van der Waals surface area contributed by atoms with Gasteiger partial charge in [-0.05, 0) is 38.0 Å². The molecule has 1 aliphatic heterocycles. The van der Waals surface area contributed by atoms with Crippen molar-refractivity contribution in [3.8, 4) is 0 Å². The molecule has 1 amide bonds. The van der Waals surface area contributed by atoms with Gasteiger partial charge < -0.3 is 10.0 Å². The van der Waals surface area contributed by atoms with E-state index in [0.717, 1.165) is 34.3 Å².